The third-order valence-electron chi connectivity index (χ3n) is 3.03. The van der Waals surface area contributed by atoms with Gasteiger partial charge in [-0.25, -0.2) is 0 Å². The second-order valence-electron chi connectivity index (χ2n) is 5.16. The van der Waals surface area contributed by atoms with Crippen molar-refractivity contribution < 1.29 is 42.9 Å². The molecule has 2 N–H and O–H groups in total. The molecule has 10 heteroatoms. The summed E-state index contributed by atoms with van der Waals surface area (Å²) in [6, 6.07) is 0. The zero-order valence-electron chi connectivity index (χ0n) is 13.8. The SMILES string of the molecule is CC(=O)OC[C@@H]1O[C@H](N)[C@H](OC(C)=O)[C@@H](OC(C)=O)[C@@H]1OC(C)=O. The molecule has 5 atom stereocenters. The number of rotatable bonds is 5. The Labute approximate surface area is 138 Å². The van der Waals surface area contributed by atoms with Gasteiger partial charge in [0.05, 0.1) is 0 Å². The van der Waals surface area contributed by atoms with Gasteiger partial charge in [-0.1, -0.05) is 0 Å². The lowest BCUT2D eigenvalue weighted by atomic mass is 9.97. The highest BCUT2D eigenvalue weighted by atomic mass is 16.7. The predicted octanol–water partition coefficient (Wildman–Crippen LogP) is -0.972. The van der Waals surface area contributed by atoms with Crippen LogP contribution in [0.4, 0.5) is 0 Å². The van der Waals surface area contributed by atoms with Crippen LogP contribution in [0.1, 0.15) is 27.7 Å². The zero-order chi connectivity index (χ0) is 18.4. The number of nitrogens with two attached hydrogens (primary N) is 1. The smallest absolute Gasteiger partial charge is 0.303 e. The van der Waals surface area contributed by atoms with Crippen LogP contribution in [0.25, 0.3) is 0 Å². The molecule has 1 fully saturated rings. The van der Waals surface area contributed by atoms with Gasteiger partial charge in [0.2, 0.25) is 0 Å². The summed E-state index contributed by atoms with van der Waals surface area (Å²) in [6.45, 7) is 4.32. The number of carbonyl (C=O) groups is 4. The molecule has 10 nitrogen and oxygen atoms in total. The normalized spacial score (nSPS) is 29.3. The molecule has 0 aromatic rings. The topological polar surface area (TPSA) is 140 Å². The number of ether oxygens (including phenoxy) is 5. The van der Waals surface area contributed by atoms with Gasteiger partial charge >= 0.3 is 23.9 Å². The number of hydrogen-bond donors (Lipinski definition) is 1. The first-order valence-corrected chi connectivity index (χ1v) is 7.18. The molecular weight excluding hydrogens is 326 g/mol. The van der Waals surface area contributed by atoms with Crippen LogP contribution in [0.5, 0.6) is 0 Å². The fourth-order valence-corrected chi connectivity index (χ4v) is 2.26. The quantitative estimate of drug-likeness (QED) is 0.487. The zero-order valence-corrected chi connectivity index (χ0v) is 13.8. The Morgan fingerprint density at radius 3 is 1.71 bits per heavy atom. The van der Waals surface area contributed by atoms with Crippen molar-refractivity contribution in [3.05, 3.63) is 0 Å². The van der Waals surface area contributed by atoms with E-state index in [2.05, 4.69) is 0 Å². The molecule has 0 unspecified atom stereocenters. The van der Waals surface area contributed by atoms with E-state index in [0.29, 0.717) is 0 Å². The largest absolute Gasteiger partial charge is 0.463 e. The third-order valence-corrected chi connectivity index (χ3v) is 3.03. The number of esters is 4. The van der Waals surface area contributed by atoms with Crippen molar-refractivity contribution in [1.29, 1.82) is 0 Å². The van der Waals surface area contributed by atoms with Crippen LogP contribution < -0.4 is 5.73 Å². The average molecular weight is 347 g/mol. The highest BCUT2D eigenvalue weighted by Crippen LogP contribution is 2.27. The van der Waals surface area contributed by atoms with Crippen molar-refractivity contribution in [2.24, 2.45) is 5.73 Å². The summed E-state index contributed by atoms with van der Waals surface area (Å²) >= 11 is 0. The van der Waals surface area contributed by atoms with Crippen LogP contribution in [0, 0.1) is 0 Å². The maximum atomic E-state index is 11.4. The highest BCUT2D eigenvalue weighted by molar-refractivity contribution is 5.68. The monoisotopic (exact) mass is 347 g/mol. The Kier molecular flexibility index (Phi) is 7.11. The van der Waals surface area contributed by atoms with Gasteiger partial charge in [-0.05, 0) is 0 Å². The second-order valence-corrected chi connectivity index (χ2v) is 5.16. The van der Waals surface area contributed by atoms with E-state index in [-0.39, 0.29) is 6.61 Å². The second kappa shape index (κ2) is 8.60. The summed E-state index contributed by atoms with van der Waals surface area (Å²) in [5, 5.41) is 0. The van der Waals surface area contributed by atoms with Crippen molar-refractivity contribution in [3.63, 3.8) is 0 Å². The van der Waals surface area contributed by atoms with E-state index in [1.165, 1.54) is 6.92 Å². The lowest BCUT2D eigenvalue weighted by Gasteiger charge is -2.43. The lowest BCUT2D eigenvalue weighted by Crippen LogP contribution is -2.64. The van der Waals surface area contributed by atoms with Gasteiger partial charge in [-0.15, -0.1) is 0 Å². The fraction of sp³-hybridized carbons (Fsp3) is 0.714. The van der Waals surface area contributed by atoms with E-state index in [4.69, 9.17) is 29.4 Å². The maximum absolute atomic E-state index is 11.4. The van der Waals surface area contributed by atoms with Crippen molar-refractivity contribution in [3.8, 4) is 0 Å². The molecule has 1 aliphatic rings. The molecule has 0 aliphatic carbocycles. The van der Waals surface area contributed by atoms with Gasteiger partial charge in [0, 0.05) is 27.7 Å². The van der Waals surface area contributed by atoms with E-state index < -0.39 is 54.5 Å². The molecule has 0 radical (unpaired) electrons. The van der Waals surface area contributed by atoms with E-state index in [0.717, 1.165) is 20.8 Å². The van der Waals surface area contributed by atoms with Crippen LogP contribution >= 0.6 is 0 Å². The van der Waals surface area contributed by atoms with Crippen molar-refractivity contribution in [2.75, 3.05) is 6.61 Å². The van der Waals surface area contributed by atoms with Gasteiger partial charge in [0.15, 0.2) is 18.3 Å². The van der Waals surface area contributed by atoms with E-state index >= 15 is 0 Å². The molecule has 0 aromatic carbocycles. The minimum atomic E-state index is -1.21. The fourth-order valence-electron chi connectivity index (χ4n) is 2.26. The first kappa shape index (κ1) is 19.8. The lowest BCUT2D eigenvalue weighted by molar-refractivity contribution is -0.251. The molecule has 0 aromatic heterocycles. The van der Waals surface area contributed by atoms with Crippen molar-refractivity contribution in [1.82, 2.24) is 0 Å². The summed E-state index contributed by atoms with van der Waals surface area (Å²) in [5.41, 5.74) is 5.81. The van der Waals surface area contributed by atoms with Gasteiger partial charge in [-0.2, -0.15) is 0 Å². The van der Waals surface area contributed by atoms with Crippen LogP contribution in [0.3, 0.4) is 0 Å². The molecule has 1 aliphatic heterocycles. The third kappa shape index (κ3) is 5.78. The Balaban J connectivity index is 3.11. The molecule has 1 saturated heterocycles. The first-order chi connectivity index (χ1) is 11.1. The Morgan fingerprint density at radius 1 is 0.792 bits per heavy atom. The molecule has 0 bridgehead atoms. The average Bonchev–Trinajstić information content (AvgIpc) is 2.42. The molecule has 0 saturated carbocycles. The van der Waals surface area contributed by atoms with Crippen molar-refractivity contribution >= 4 is 23.9 Å². The highest BCUT2D eigenvalue weighted by Gasteiger charge is 2.51. The van der Waals surface area contributed by atoms with E-state index in [9.17, 15) is 19.2 Å². The molecule has 1 rings (SSSR count). The molecule has 1 heterocycles. The van der Waals surface area contributed by atoms with Gasteiger partial charge in [0.1, 0.15) is 18.9 Å². The minimum absolute atomic E-state index is 0.286. The molecule has 0 amide bonds. The summed E-state index contributed by atoms with van der Waals surface area (Å²) in [4.78, 5) is 45.0. The Morgan fingerprint density at radius 2 is 1.25 bits per heavy atom. The molecule has 136 valence electrons. The summed E-state index contributed by atoms with van der Waals surface area (Å²) in [5.74, 6) is -2.66. The summed E-state index contributed by atoms with van der Waals surface area (Å²) in [7, 11) is 0. The van der Waals surface area contributed by atoms with Crippen LogP contribution in [-0.2, 0) is 42.9 Å². The first-order valence-electron chi connectivity index (χ1n) is 7.18. The number of carbonyl (C=O) groups excluding carboxylic acids is 4. The summed E-state index contributed by atoms with van der Waals surface area (Å²) < 4.78 is 25.6. The van der Waals surface area contributed by atoms with E-state index in [1.807, 2.05) is 0 Å². The number of hydrogen-bond acceptors (Lipinski definition) is 10. The van der Waals surface area contributed by atoms with Gasteiger partial charge in [0.25, 0.3) is 0 Å². The van der Waals surface area contributed by atoms with Crippen LogP contribution in [0.2, 0.25) is 0 Å². The standard InChI is InChI=1S/C14H21NO9/c1-6(16)20-5-10-11(21-7(2)17)12(22-8(3)18)13(14(15)24-10)23-9(4)19/h10-14H,5,15H2,1-4H3/t10-,11+,12-,13+,14-/m0/s1. The van der Waals surface area contributed by atoms with Crippen LogP contribution in [0.15, 0.2) is 0 Å². The minimum Gasteiger partial charge on any atom is -0.463 e. The van der Waals surface area contributed by atoms with Crippen LogP contribution in [-0.4, -0.2) is 61.1 Å². The van der Waals surface area contributed by atoms with Gasteiger partial charge < -0.3 is 29.4 Å². The Bertz CT molecular complexity index is 506. The van der Waals surface area contributed by atoms with E-state index in [1.54, 1.807) is 0 Å². The van der Waals surface area contributed by atoms with Crippen molar-refractivity contribution in [2.45, 2.75) is 58.3 Å². The Hall–Kier alpha value is -2.20. The molecule has 0 spiro atoms. The maximum Gasteiger partial charge on any atom is 0.303 e. The predicted molar refractivity (Wildman–Crippen MR) is 76.1 cm³/mol. The molecular formula is C14H21NO9. The summed E-state index contributed by atoms with van der Waals surface area (Å²) in [6.07, 6.45) is -5.74. The van der Waals surface area contributed by atoms with Gasteiger partial charge in [-0.3, -0.25) is 19.2 Å². The molecule has 24 heavy (non-hydrogen) atoms.